The van der Waals surface area contributed by atoms with Crippen LogP contribution in [-0.2, 0) is 25.7 Å². The third-order valence-corrected chi connectivity index (χ3v) is 4.94. The monoisotopic (exact) mass is 439 g/mol. The number of nitrogens with two attached hydrogens (primary N) is 1. The molecule has 0 aliphatic rings. The molecule has 166 valence electrons. The number of carbonyl (C=O) groups excluding carboxylic acids is 3. The number of ether oxygens (including phenoxy) is 1. The zero-order valence-corrected chi connectivity index (χ0v) is 17.8. The summed E-state index contributed by atoms with van der Waals surface area (Å²) in [5, 5.41) is 14.1. The lowest BCUT2D eigenvalue weighted by atomic mass is 10.1. The fraction of sp³-hybridized carbons (Fsp3) is 0.500. The van der Waals surface area contributed by atoms with Crippen molar-refractivity contribution in [2.75, 3.05) is 12.3 Å². The smallest absolute Gasteiger partial charge is 0.408 e. The number of hydrogen-bond donors (Lipinski definition) is 4. The molecule has 0 spiro atoms. The molecule has 0 radical (unpaired) electrons. The van der Waals surface area contributed by atoms with Gasteiger partial charge in [-0.2, -0.15) is 0 Å². The van der Waals surface area contributed by atoms with Crippen LogP contribution in [0.3, 0.4) is 0 Å². The number of carboxylic acids is 1. The Kier molecular flexibility index (Phi) is 12.2. The van der Waals surface area contributed by atoms with Crippen molar-refractivity contribution in [3.8, 4) is 0 Å². The normalized spacial score (nSPS) is 12.5. The third-order valence-electron chi connectivity index (χ3n) is 4.09. The van der Waals surface area contributed by atoms with E-state index in [4.69, 9.17) is 10.5 Å². The number of aliphatic carboxylic acids is 1. The summed E-state index contributed by atoms with van der Waals surface area (Å²) in [6.07, 6.45) is 0.756. The maximum Gasteiger partial charge on any atom is 0.408 e. The molecular formula is C20H29N3O6S. The second-order valence-electron chi connectivity index (χ2n) is 6.57. The van der Waals surface area contributed by atoms with Gasteiger partial charge in [-0.25, -0.2) is 9.59 Å². The number of alkyl carbamates (subject to hydrolysis) is 1. The van der Waals surface area contributed by atoms with E-state index in [0.29, 0.717) is 19.4 Å². The lowest BCUT2D eigenvalue weighted by Gasteiger charge is -2.21. The number of rotatable bonds is 13. The van der Waals surface area contributed by atoms with E-state index in [1.807, 2.05) is 18.2 Å². The van der Waals surface area contributed by atoms with Gasteiger partial charge in [0.25, 0.3) is 0 Å². The van der Waals surface area contributed by atoms with Gasteiger partial charge in [0, 0.05) is 12.7 Å². The number of amides is 2. The SMILES string of the molecule is CC(=O)SCC[C@H](NC(=O)OCc1ccccc1)C(=O)N[C@@H](CCCCN)C(=O)O. The minimum atomic E-state index is -1.16. The summed E-state index contributed by atoms with van der Waals surface area (Å²) in [6.45, 7) is 1.86. The van der Waals surface area contributed by atoms with Crippen LogP contribution in [0.1, 0.15) is 38.2 Å². The van der Waals surface area contributed by atoms with E-state index < -0.39 is 30.1 Å². The molecule has 0 aliphatic heterocycles. The van der Waals surface area contributed by atoms with Gasteiger partial charge in [0.1, 0.15) is 18.7 Å². The Balaban J connectivity index is 2.69. The van der Waals surface area contributed by atoms with Crippen molar-refractivity contribution >= 4 is 34.8 Å². The number of nitrogens with one attached hydrogen (secondary N) is 2. The predicted molar refractivity (Wildman–Crippen MR) is 114 cm³/mol. The molecule has 0 unspecified atom stereocenters. The molecule has 0 saturated carbocycles. The van der Waals surface area contributed by atoms with Gasteiger partial charge in [0.2, 0.25) is 5.91 Å². The summed E-state index contributed by atoms with van der Waals surface area (Å²) >= 11 is 1.02. The molecule has 2 amide bonds. The summed E-state index contributed by atoms with van der Waals surface area (Å²) in [5.41, 5.74) is 6.20. The van der Waals surface area contributed by atoms with Crippen LogP contribution in [0.4, 0.5) is 4.79 Å². The second kappa shape index (κ2) is 14.4. The molecule has 1 rings (SSSR count). The van der Waals surface area contributed by atoms with Gasteiger partial charge in [-0.1, -0.05) is 42.1 Å². The van der Waals surface area contributed by atoms with Gasteiger partial charge < -0.3 is 26.2 Å². The molecule has 0 saturated heterocycles. The number of thioether (sulfide) groups is 1. The molecule has 0 bridgehead atoms. The van der Waals surface area contributed by atoms with Gasteiger partial charge in [0.05, 0.1) is 0 Å². The standard InChI is InChI=1S/C20H29N3O6S/c1-14(24)30-12-10-16(18(25)22-17(19(26)27)9-5-6-11-21)23-20(28)29-13-15-7-3-2-4-8-15/h2-4,7-8,16-17H,5-6,9-13,21H2,1H3,(H,22,25)(H,23,28)(H,26,27)/t16-,17-/m0/s1. The first-order valence-corrected chi connectivity index (χ1v) is 10.7. The quantitative estimate of drug-likeness (QED) is 0.339. The Morgan fingerprint density at radius 2 is 1.77 bits per heavy atom. The summed E-state index contributed by atoms with van der Waals surface area (Å²) in [7, 11) is 0. The lowest BCUT2D eigenvalue weighted by molar-refractivity contribution is -0.142. The zero-order valence-electron chi connectivity index (χ0n) is 17.0. The maximum absolute atomic E-state index is 12.6. The van der Waals surface area contributed by atoms with E-state index in [1.165, 1.54) is 6.92 Å². The first-order chi connectivity index (χ1) is 14.3. The van der Waals surface area contributed by atoms with Crippen LogP contribution in [0, 0.1) is 0 Å². The number of unbranched alkanes of at least 4 members (excludes halogenated alkanes) is 1. The fourth-order valence-electron chi connectivity index (χ4n) is 2.52. The van der Waals surface area contributed by atoms with Crippen LogP contribution in [0.15, 0.2) is 30.3 Å². The Labute approximate surface area is 180 Å². The highest BCUT2D eigenvalue weighted by molar-refractivity contribution is 8.13. The second-order valence-corrected chi connectivity index (χ2v) is 7.84. The molecule has 1 aromatic carbocycles. The van der Waals surface area contributed by atoms with Crippen molar-refractivity contribution in [2.24, 2.45) is 5.73 Å². The summed E-state index contributed by atoms with van der Waals surface area (Å²) in [6, 6.07) is 6.92. The molecule has 5 N–H and O–H groups in total. The minimum Gasteiger partial charge on any atom is -0.480 e. The fourth-order valence-corrected chi connectivity index (χ4v) is 3.16. The van der Waals surface area contributed by atoms with Crippen molar-refractivity contribution in [1.29, 1.82) is 0 Å². The van der Waals surface area contributed by atoms with Crippen molar-refractivity contribution in [1.82, 2.24) is 10.6 Å². The number of carboxylic acid groups (broad SMARTS) is 1. The highest BCUT2D eigenvalue weighted by atomic mass is 32.2. The lowest BCUT2D eigenvalue weighted by Crippen LogP contribution is -2.52. The summed E-state index contributed by atoms with van der Waals surface area (Å²) in [4.78, 5) is 47.3. The first-order valence-electron chi connectivity index (χ1n) is 9.67. The molecule has 9 nitrogen and oxygen atoms in total. The van der Waals surface area contributed by atoms with E-state index in [1.54, 1.807) is 12.1 Å². The van der Waals surface area contributed by atoms with Crippen molar-refractivity contribution in [2.45, 2.75) is 51.3 Å². The van der Waals surface area contributed by atoms with E-state index in [-0.39, 0.29) is 30.3 Å². The van der Waals surface area contributed by atoms with E-state index in [9.17, 15) is 24.3 Å². The van der Waals surface area contributed by atoms with Crippen LogP contribution in [0.5, 0.6) is 0 Å². The van der Waals surface area contributed by atoms with E-state index in [2.05, 4.69) is 10.6 Å². The van der Waals surface area contributed by atoms with Crippen molar-refractivity contribution in [3.63, 3.8) is 0 Å². The zero-order chi connectivity index (χ0) is 22.4. The number of benzene rings is 1. The molecule has 0 heterocycles. The van der Waals surface area contributed by atoms with Crippen molar-refractivity contribution < 1.29 is 29.0 Å². The van der Waals surface area contributed by atoms with Crippen LogP contribution in [0.2, 0.25) is 0 Å². The van der Waals surface area contributed by atoms with Gasteiger partial charge in [-0.15, -0.1) is 0 Å². The minimum absolute atomic E-state index is 0.0278. The Hall–Kier alpha value is -2.59. The summed E-state index contributed by atoms with van der Waals surface area (Å²) < 4.78 is 5.13. The van der Waals surface area contributed by atoms with E-state index >= 15 is 0 Å². The molecule has 0 aliphatic carbocycles. The van der Waals surface area contributed by atoms with E-state index in [0.717, 1.165) is 17.3 Å². The number of carbonyl (C=O) groups is 4. The Morgan fingerprint density at radius 3 is 2.37 bits per heavy atom. The maximum atomic E-state index is 12.6. The highest BCUT2D eigenvalue weighted by Gasteiger charge is 2.26. The molecule has 30 heavy (non-hydrogen) atoms. The molecular weight excluding hydrogens is 410 g/mol. The van der Waals surface area contributed by atoms with Crippen LogP contribution >= 0.6 is 11.8 Å². The third kappa shape index (κ3) is 10.8. The van der Waals surface area contributed by atoms with Crippen molar-refractivity contribution in [3.05, 3.63) is 35.9 Å². The average Bonchev–Trinajstić information content (AvgIpc) is 2.71. The Morgan fingerprint density at radius 1 is 1.07 bits per heavy atom. The average molecular weight is 440 g/mol. The first kappa shape index (κ1) is 25.4. The van der Waals surface area contributed by atoms with Gasteiger partial charge in [0.15, 0.2) is 5.12 Å². The van der Waals surface area contributed by atoms with Crippen LogP contribution < -0.4 is 16.4 Å². The topological polar surface area (TPSA) is 148 Å². The molecule has 0 fully saturated rings. The van der Waals surface area contributed by atoms with Crippen LogP contribution in [0.25, 0.3) is 0 Å². The highest BCUT2D eigenvalue weighted by Crippen LogP contribution is 2.09. The predicted octanol–water partition coefficient (Wildman–Crippen LogP) is 1.65. The van der Waals surface area contributed by atoms with Crippen LogP contribution in [-0.4, -0.2) is 52.6 Å². The molecule has 2 atom stereocenters. The van der Waals surface area contributed by atoms with Gasteiger partial charge in [-0.3, -0.25) is 9.59 Å². The molecule has 0 aromatic heterocycles. The molecule has 1 aromatic rings. The largest absolute Gasteiger partial charge is 0.480 e. The van der Waals surface area contributed by atoms with Gasteiger partial charge in [-0.05, 0) is 37.8 Å². The number of hydrogen-bond acceptors (Lipinski definition) is 7. The van der Waals surface area contributed by atoms with Gasteiger partial charge >= 0.3 is 12.1 Å². The summed E-state index contributed by atoms with van der Waals surface area (Å²) in [5.74, 6) is -1.52. The Bertz CT molecular complexity index is 701. The molecule has 10 heteroatoms.